The average Bonchev–Trinajstić information content (AvgIpc) is 2.91. The molecule has 0 atom stereocenters. The molecule has 0 saturated carbocycles. The number of aromatic nitrogens is 1. The number of fused-ring (bicyclic) bond motifs is 1. The van der Waals surface area contributed by atoms with Gasteiger partial charge in [0.1, 0.15) is 5.82 Å². The fraction of sp³-hybridized carbons (Fsp3) is 0.118. The van der Waals surface area contributed by atoms with E-state index in [2.05, 4.69) is 4.74 Å². The molecule has 3 aromatic rings. The van der Waals surface area contributed by atoms with Crippen molar-refractivity contribution in [3.63, 3.8) is 0 Å². The van der Waals surface area contributed by atoms with Crippen molar-refractivity contribution in [1.82, 2.24) is 4.57 Å². The Balaban J connectivity index is 2.03. The van der Waals surface area contributed by atoms with Gasteiger partial charge in [-0.1, -0.05) is 35.3 Å². The summed E-state index contributed by atoms with van der Waals surface area (Å²) in [7, 11) is 1.22. The average molecular weight is 352 g/mol. The zero-order valence-electron chi connectivity index (χ0n) is 12.1. The van der Waals surface area contributed by atoms with Crippen LogP contribution in [0.3, 0.4) is 0 Å². The molecule has 0 N–H and O–H groups in total. The number of carbonyl (C=O) groups excluding carboxylic acids is 1. The molecule has 1 aromatic heterocycles. The Hall–Kier alpha value is -2.04. The van der Waals surface area contributed by atoms with Crippen LogP contribution < -0.4 is 0 Å². The smallest absolute Gasteiger partial charge is 0.340 e. The van der Waals surface area contributed by atoms with Crippen LogP contribution in [-0.2, 0) is 11.3 Å². The number of carbonyl (C=O) groups is 1. The summed E-state index contributed by atoms with van der Waals surface area (Å²) in [6.45, 7) is 0.262. The highest BCUT2D eigenvalue weighted by Crippen LogP contribution is 2.29. The van der Waals surface area contributed by atoms with Gasteiger partial charge in [0.2, 0.25) is 0 Å². The Kier molecular flexibility index (Phi) is 4.28. The largest absolute Gasteiger partial charge is 0.465 e. The van der Waals surface area contributed by atoms with E-state index in [9.17, 15) is 9.18 Å². The Morgan fingerprint density at radius 3 is 2.70 bits per heavy atom. The molecule has 118 valence electrons. The van der Waals surface area contributed by atoms with Gasteiger partial charge in [-0.15, -0.1) is 0 Å². The van der Waals surface area contributed by atoms with Crippen LogP contribution in [0.4, 0.5) is 4.39 Å². The highest BCUT2D eigenvalue weighted by molar-refractivity contribution is 6.42. The molecule has 0 bridgehead atoms. The molecule has 2 aromatic carbocycles. The highest BCUT2D eigenvalue weighted by atomic mass is 35.5. The summed E-state index contributed by atoms with van der Waals surface area (Å²) in [5, 5.41) is 1.81. The van der Waals surface area contributed by atoms with Gasteiger partial charge in [0.25, 0.3) is 0 Å². The minimum Gasteiger partial charge on any atom is -0.465 e. The third-order valence-corrected chi connectivity index (χ3v) is 4.36. The molecule has 0 unspecified atom stereocenters. The number of benzene rings is 2. The van der Waals surface area contributed by atoms with E-state index >= 15 is 0 Å². The van der Waals surface area contributed by atoms with Crippen LogP contribution >= 0.6 is 23.2 Å². The first kappa shape index (κ1) is 15.8. The van der Waals surface area contributed by atoms with Crippen LogP contribution in [0.1, 0.15) is 15.9 Å². The molecule has 6 heteroatoms. The van der Waals surface area contributed by atoms with Crippen molar-refractivity contribution in [1.29, 1.82) is 0 Å². The maximum absolute atomic E-state index is 14.5. The standard InChI is InChI=1S/C17H12Cl2FNO2/c1-23-17(22)12-4-2-3-11(16(12)20)9-21-6-5-10-7-13(18)14(19)8-15(10)21/h2-8H,9H2,1H3. The highest BCUT2D eigenvalue weighted by Gasteiger charge is 2.16. The number of hydrogen-bond acceptors (Lipinski definition) is 2. The molecule has 0 aliphatic heterocycles. The van der Waals surface area contributed by atoms with E-state index in [1.54, 1.807) is 24.3 Å². The molecule has 3 rings (SSSR count). The second-order valence-electron chi connectivity index (χ2n) is 5.04. The first-order chi connectivity index (χ1) is 11.0. The molecule has 0 spiro atoms. The topological polar surface area (TPSA) is 31.2 Å². The zero-order valence-corrected chi connectivity index (χ0v) is 13.7. The Morgan fingerprint density at radius 2 is 1.96 bits per heavy atom. The van der Waals surface area contributed by atoms with Crippen LogP contribution in [0.2, 0.25) is 10.0 Å². The first-order valence-electron chi connectivity index (χ1n) is 6.81. The SMILES string of the molecule is COC(=O)c1cccc(Cn2ccc3cc(Cl)c(Cl)cc32)c1F. The summed E-state index contributed by atoms with van der Waals surface area (Å²) in [6, 6.07) is 10.0. The molecular weight excluding hydrogens is 340 g/mol. The molecule has 0 amide bonds. The van der Waals surface area contributed by atoms with Gasteiger partial charge < -0.3 is 9.30 Å². The Labute approximate surface area is 142 Å². The zero-order chi connectivity index (χ0) is 16.6. The number of methoxy groups -OCH3 is 1. The van der Waals surface area contributed by atoms with Crippen LogP contribution in [0.25, 0.3) is 10.9 Å². The molecule has 0 aliphatic rings. The van der Waals surface area contributed by atoms with E-state index in [0.29, 0.717) is 15.6 Å². The molecule has 0 aliphatic carbocycles. The third kappa shape index (κ3) is 2.92. The summed E-state index contributed by atoms with van der Waals surface area (Å²) < 4.78 is 20.9. The van der Waals surface area contributed by atoms with E-state index in [-0.39, 0.29) is 12.1 Å². The summed E-state index contributed by atoms with van der Waals surface area (Å²) in [5.41, 5.74) is 1.14. The molecule has 0 saturated heterocycles. The van der Waals surface area contributed by atoms with Crippen LogP contribution in [0.5, 0.6) is 0 Å². The van der Waals surface area contributed by atoms with E-state index in [1.807, 2.05) is 16.8 Å². The lowest BCUT2D eigenvalue weighted by molar-refractivity contribution is 0.0595. The van der Waals surface area contributed by atoms with Gasteiger partial charge in [-0.2, -0.15) is 0 Å². The quantitative estimate of drug-likeness (QED) is 0.627. The predicted octanol–water partition coefficient (Wildman–Crippen LogP) is 4.92. The lowest BCUT2D eigenvalue weighted by Crippen LogP contribution is -2.08. The van der Waals surface area contributed by atoms with E-state index in [0.717, 1.165) is 10.9 Å². The van der Waals surface area contributed by atoms with E-state index < -0.39 is 11.8 Å². The maximum atomic E-state index is 14.5. The fourth-order valence-electron chi connectivity index (χ4n) is 2.48. The number of rotatable bonds is 3. The molecular formula is C17H12Cl2FNO2. The lowest BCUT2D eigenvalue weighted by atomic mass is 10.1. The minimum absolute atomic E-state index is 0.0810. The number of hydrogen-bond donors (Lipinski definition) is 0. The van der Waals surface area contributed by atoms with Gasteiger partial charge in [-0.25, -0.2) is 9.18 Å². The summed E-state index contributed by atoms with van der Waals surface area (Å²) in [4.78, 5) is 11.6. The minimum atomic E-state index is -0.698. The summed E-state index contributed by atoms with van der Waals surface area (Å²) in [6.07, 6.45) is 1.82. The molecule has 1 heterocycles. The van der Waals surface area contributed by atoms with Crippen molar-refractivity contribution in [3.8, 4) is 0 Å². The van der Waals surface area contributed by atoms with Gasteiger partial charge in [-0.3, -0.25) is 0 Å². The number of ether oxygens (including phenoxy) is 1. The first-order valence-corrected chi connectivity index (χ1v) is 7.56. The van der Waals surface area contributed by atoms with Crippen molar-refractivity contribution >= 4 is 40.1 Å². The normalized spacial score (nSPS) is 11.0. The predicted molar refractivity (Wildman–Crippen MR) is 88.8 cm³/mol. The van der Waals surface area contributed by atoms with Crippen LogP contribution in [0.15, 0.2) is 42.6 Å². The van der Waals surface area contributed by atoms with Crippen LogP contribution in [0, 0.1) is 5.82 Å². The van der Waals surface area contributed by atoms with Crippen LogP contribution in [-0.4, -0.2) is 17.6 Å². The lowest BCUT2D eigenvalue weighted by Gasteiger charge is -2.10. The number of esters is 1. The monoisotopic (exact) mass is 351 g/mol. The summed E-state index contributed by atoms with van der Waals surface area (Å²) in [5.74, 6) is -1.28. The van der Waals surface area contributed by atoms with Gasteiger partial charge in [0.05, 0.1) is 29.3 Å². The Bertz CT molecular complexity index is 905. The molecule has 23 heavy (non-hydrogen) atoms. The molecule has 3 nitrogen and oxygen atoms in total. The van der Waals surface area contributed by atoms with Crippen molar-refractivity contribution in [2.75, 3.05) is 7.11 Å². The van der Waals surface area contributed by atoms with E-state index in [4.69, 9.17) is 23.2 Å². The molecule has 0 fully saturated rings. The fourth-order valence-corrected chi connectivity index (χ4v) is 2.81. The number of halogens is 3. The van der Waals surface area contributed by atoms with Crippen molar-refractivity contribution in [2.45, 2.75) is 6.54 Å². The van der Waals surface area contributed by atoms with Crippen molar-refractivity contribution in [3.05, 3.63) is 69.6 Å². The van der Waals surface area contributed by atoms with Gasteiger partial charge >= 0.3 is 5.97 Å². The third-order valence-electron chi connectivity index (χ3n) is 3.64. The molecule has 0 radical (unpaired) electrons. The second kappa shape index (κ2) is 6.22. The van der Waals surface area contributed by atoms with Gasteiger partial charge in [0.15, 0.2) is 0 Å². The maximum Gasteiger partial charge on any atom is 0.340 e. The van der Waals surface area contributed by atoms with Crippen molar-refractivity contribution in [2.24, 2.45) is 0 Å². The number of nitrogens with zero attached hydrogens (tertiary/aromatic N) is 1. The Morgan fingerprint density at radius 1 is 1.22 bits per heavy atom. The van der Waals surface area contributed by atoms with Crippen molar-refractivity contribution < 1.29 is 13.9 Å². The van der Waals surface area contributed by atoms with E-state index in [1.165, 1.54) is 13.2 Å². The van der Waals surface area contributed by atoms with Gasteiger partial charge in [-0.05, 0) is 24.3 Å². The van der Waals surface area contributed by atoms with Gasteiger partial charge in [0, 0.05) is 22.7 Å². The second-order valence-corrected chi connectivity index (χ2v) is 5.85. The summed E-state index contributed by atoms with van der Waals surface area (Å²) >= 11 is 12.1.